The van der Waals surface area contributed by atoms with Gasteiger partial charge in [-0.25, -0.2) is 0 Å². The standard InChI is InChI=1S/C12H14N4O3/c1-8-7-9(4-5-10(8)16(17)18)12-14-11(15-19-12)3-2-6-13/h4-5,7H,2-3,6,13H2,1H3. The molecule has 0 radical (unpaired) electrons. The number of nitro benzene ring substituents is 1. The second kappa shape index (κ2) is 5.57. The Morgan fingerprint density at radius 2 is 2.26 bits per heavy atom. The highest BCUT2D eigenvalue weighted by molar-refractivity contribution is 5.58. The van der Waals surface area contributed by atoms with Crippen molar-refractivity contribution in [2.75, 3.05) is 6.54 Å². The lowest BCUT2D eigenvalue weighted by Gasteiger charge is -1.98. The maximum Gasteiger partial charge on any atom is 0.272 e. The summed E-state index contributed by atoms with van der Waals surface area (Å²) in [5.41, 5.74) is 6.72. The van der Waals surface area contributed by atoms with Gasteiger partial charge in [0.25, 0.3) is 11.6 Å². The monoisotopic (exact) mass is 262 g/mol. The van der Waals surface area contributed by atoms with E-state index in [1.165, 1.54) is 6.07 Å². The molecule has 7 heteroatoms. The van der Waals surface area contributed by atoms with Crippen molar-refractivity contribution in [1.82, 2.24) is 10.1 Å². The minimum atomic E-state index is -0.417. The molecule has 1 aromatic heterocycles. The van der Waals surface area contributed by atoms with Gasteiger partial charge in [-0.1, -0.05) is 5.16 Å². The molecule has 0 amide bonds. The molecule has 2 N–H and O–H groups in total. The zero-order valence-corrected chi connectivity index (χ0v) is 10.5. The minimum absolute atomic E-state index is 0.0756. The third kappa shape index (κ3) is 2.94. The molecule has 0 spiro atoms. The van der Waals surface area contributed by atoms with Crippen LogP contribution >= 0.6 is 0 Å². The highest BCUT2D eigenvalue weighted by atomic mass is 16.6. The van der Waals surface area contributed by atoms with Gasteiger partial charge < -0.3 is 10.3 Å². The molecule has 0 atom stereocenters. The fourth-order valence-electron chi connectivity index (χ4n) is 1.73. The summed E-state index contributed by atoms with van der Waals surface area (Å²) in [5, 5.41) is 14.6. The zero-order valence-electron chi connectivity index (χ0n) is 10.5. The molecular weight excluding hydrogens is 248 g/mol. The van der Waals surface area contributed by atoms with Crippen LogP contribution in [0.5, 0.6) is 0 Å². The molecule has 1 aromatic carbocycles. The van der Waals surface area contributed by atoms with E-state index in [9.17, 15) is 10.1 Å². The number of benzene rings is 1. The van der Waals surface area contributed by atoms with Gasteiger partial charge in [0.05, 0.1) is 4.92 Å². The molecule has 7 nitrogen and oxygen atoms in total. The van der Waals surface area contributed by atoms with Crippen molar-refractivity contribution in [1.29, 1.82) is 0 Å². The molecule has 19 heavy (non-hydrogen) atoms. The molecule has 100 valence electrons. The van der Waals surface area contributed by atoms with Crippen LogP contribution in [0.2, 0.25) is 0 Å². The van der Waals surface area contributed by atoms with Crippen molar-refractivity contribution in [2.24, 2.45) is 5.73 Å². The minimum Gasteiger partial charge on any atom is -0.334 e. The summed E-state index contributed by atoms with van der Waals surface area (Å²) in [6.45, 7) is 2.24. The number of rotatable bonds is 5. The quantitative estimate of drug-likeness (QED) is 0.650. The molecule has 0 saturated carbocycles. The largest absolute Gasteiger partial charge is 0.334 e. The van der Waals surface area contributed by atoms with Gasteiger partial charge in [-0.3, -0.25) is 10.1 Å². The SMILES string of the molecule is Cc1cc(-c2nc(CCCN)no2)ccc1[N+](=O)[O-]. The topological polar surface area (TPSA) is 108 Å². The smallest absolute Gasteiger partial charge is 0.272 e. The number of hydrogen-bond acceptors (Lipinski definition) is 6. The first-order valence-corrected chi connectivity index (χ1v) is 5.90. The van der Waals surface area contributed by atoms with Crippen LogP contribution in [0.15, 0.2) is 22.7 Å². The van der Waals surface area contributed by atoms with Gasteiger partial charge in [-0.05, 0) is 32.0 Å². The first-order chi connectivity index (χ1) is 9.11. The van der Waals surface area contributed by atoms with Gasteiger partial charge in [0, 0.05) is 23.6 Å². The summed E-state index contributed by atoms with van der Waals surface area (Å²) in [6.07, 6.45) is 1.45. The van der Waals surface area contributed by atoms with Crippen LogP contribution in [0, 0.1) is 17.0 Å². The molecule has 0 bridgehead atoms. The Hall–Kier alpha value is -2.28. The van der Waals surface area contributed by atoms with E-state index < -0.39 is 4.92 Å². The molecule has 0 aliphatic carbocycles. The Balaban J connectivity index is 2.24. The maximum atomic E-state index is 10.7. The van der Waals surface area contributed by atoms with Crippen LogP contribution in [-0.4, -0.2) is 21.6 Å². The van der Waals surface area contributed by atoms with Crippen LogP contribution in [0.4, 0.5) is 5.69 Å². The number of aryl methyl sites for hydroxylation is 2. The molecule has 0 unspecified atom stereocenters. The van der Waals surface area contributed by atoms with Crippen molar-refractivity contribution in [2.45, 2.75) is 19.8 Å². The van der Waals surface area contributed by atoms with Gasteiger partial charge in [-0.2, -0.15) is 4.98 Å². The van der Waals surface area contributed by atoms with E-state index in [1.54, 1.807) is 19.1 Å². The third-order valence-electron chi connectivity index (χ3n) is 2.71. The lowest BCUT2D eigenvalue weighted by molar-refractivity contribution is -0.385. The van der Waals surface area contributed by atoms with Crippen molar-refractivity contribution < 1.29 is 9.45 Å². The predicted octanol–water partition coefficient (Wildman–Crippen LogP) is 1.84. The first kappa shape index (κ1) is 13.2. The fraction of sp³-hybridized carbons (Fsp3) is 0.333. The lowest BCUT2D eigenvalue weighted by Crippen LogP contribution is -2.01. The van der Waals surface area contributed by atoms with Crippen molar-refractivity contribution in [3.8, 4) is 11.5 Å². The van der Waals surface area contributed by atoms with E-state index in [4.69, 9.17) is 10.3 Å². The van der Waals surface area contributed by atoms with Crippen LogP contribution in [-0.2, 0) is 6.42 Å². The van der Waals surface area contributed by atoms with E-state index in [2.05, 4.69) is 10.1 Å². The van der Waals surface area contributed by atoms with Gasteiger partial charge in [0.15, 0.2) is 5.82 Å². The van der Waals surface area contributed by atoms with Crippen LogP contribution in [0.1, 0.15) is 17.8 Å². The Kier molecular flexibility index (Phi) is 3.86. The molecule has 0 fully saturated rings. The Bertz CT molecular complexity index is 594. The molecule has 1 heterocycles. The second-order valence-electron chi connectivity index (χ2n) is 4.17. The number of nitrogens with zero attached hydrogens (tertiary/aromatic N) is 3. The maximum absolute atomic E-state index is 10.7. The summed E-state index contributed by atoms with van der Waals surface area (Å²) in [7, 11) is 0. The van der Waals surface area contributed by atoms with Gasteiger partial charge in [0.1, 0.15) is 0 Å². The van der Waals surface area contributed by atoms with E-state index in [0.29, 0.717) is 35.8 Å². The lowest BCUT2D eigenvalue weighted by atomic mass is 10.1. The van der Waals surface area contributed by atoms with Crippen LogP contribution in [0.3, 0.4) is 0 Å². The van der Waals surface area contributed by atoms with E-state index in [1.807, 2.05) is 0 Å². The number of nitrogens with two attached hydrogens (primary N) is 1. The molecule has 0 aliphatic heterocycles. The average Bonchev–Trinajstić information content (AvgIpc) is 2.84. The van der Waals surface area contributed by atoms with Crippen molar-refractivity contribution in [3.63, 3.8) is 0 Å². The predicted molar refractivity (Wildman–Crippen MR) is 68.5 cm³/mol. The second-order valence-corrected chi connectivity index (χ2v) is 4.17. The summed E-state index contributed by atoms with van der Waals surface area (Å²) >= 11 is 0. The van der Waals surface area contributed by atoms with Crippen LogP contribution in [0.25, 0.3) is 11.5 Å². The highest BCUT2D eigenvalue weighted by Gasteiger charge is 2.14. The third-order valence-corrected chi connectivity index (χ3v) is 2.71. The van der Waals surface area contributed by atoms with Gasteiger partial charge >= 0.3 is 0 Å². The summed E-state index contributed by atoms with van der Waals surface area (Å²) in [6, 6.07) is 4.71. The van der Waals surface area contributed by atoms with Crippen LogP contribution < -0.4 is 5.73 Å². The highest BCUT2D eigenvalue weighted by Crippen LogP contribution is 2.24. The number of nitro groups is 1. The average molecular weight is 262 g/mol. The van der Waals surface area contributed by atoms with E-state index in [0.717, 1.165) is 6.42 Å². The summed E-state index contributed by atoms with van der Waals surface area (Å²) in [5.74, 6) is 0.960. The Morgan fingerprint density at radius 3 is 2.89 bits per heavy atom. The summed E-state index contributed by atoms with van der Waals surface area (Å²) in [4.78, 5) is 14.5. The van der Waals surface area contributed by atoms with Gasteiger partial charge in [-0.15, -0.1) is 0 Å². The Labute approximate surface area is 109 Å². The number of hydrogen-bond donors (Lipinski definition) is 1. The molecule has 2 aromatic rings. The Morgan fingerprint density at radius 1 is 1.47 bits per heavy atom. The molecular formula is C12H14N4O3. The van der Waals surface area contributed by atoms with Crippen molar-refractivity contribution >= 4 is 5.69 Å². The fourth-order valence-corrected chi connectivity index (χ4v) is 1.73. The normalized spacial score (nSPS) is 10.6. The molecule has 2 rings (SSSR count). The summed E-state index contributed by atoms with van der Waals surface area (Å²) < 4.78 is 5.13. The van der Waals surface area contributed by atoms with Gasteiger partial charge in [0.2, 0.25) is 0 Å². The zero-order chi connectivity index (χ0) is 13.8. The van der Waals surface area contributed by atoms with E-state index >= 15 is 0 Å². The number of aromatic nitrogens is 2. The first-order valence-electron chi connectivity index (χ1n) is 5.90. The molecule has 0 saturated heterocycles. The van der Waals surface area contributed by atoms with E-state index in [-0.39, 0.29) is 5.69 Å². The molecule has 0 aliphatic rings. The van der Waals surface area contributed by atoms with Crippen molar-refractivity contribution in [3.05, 3.63) is 39.7 Å².